The van der Waals surface area contributed by atoms with E-state index in [4.69, 9.17) is 4.74 Å². The highest BCUT2D eigenvalue weighted by atomic mass is 19.1. The third kappa shape index (κ3) is 7.63. The number of allylic oxidation sites excluding steroid dienone is 2. The molecule has 0 radical (unpaired) electrons. The van der Waals surface area contributed by atoms with Crippen LogP contribution in [0.3, 0.4) is 0 Å². The van der Waals surface area contributed by atoms with Gasteiger partial charge in [0, 0.05) is 37.1 Å². The van der Waals surface area contributed by atoms with E-state index in [1.165, 1.54) is 28.6 Å². The van der Waals surface area contributed by atoms with Gasteiger partial charge in [-0.15, -0.1) is 6.58 Å². The molecule has 2 rings (SSSR count). The van der Waals surface area contributed by atoms with Crippen LogP contribution in [0, 0.1) is 23.0 Å². The number of hydrogen-bond donors (Lipinski definition) is 0. The first kappa shape index (κ1) is 27.0. The molecule has 0 aliphatic rings. The number of halogens is 2. The molecule has 0 bridgehead atoms. The highest BCUT2D eigenvalue weighted by Crippen LogP contribution is 2.36. The molecule has 0 amide bonds. The van der Waals surface area contributed by atoms with Crippen molar-refractivity contribution in [1.82, 2.24) is 9.78 Å². The van der Waals surface area contributed by atoms with Gasteiger partial charge in [0.15, 0.2) is 0 Å². The molecule has 2 unspecified atom stereocenters. The van der Waals surface area contributed by atoms with Crippen LogP contribution < -0.4 is 0 Å². The molecule has 3 nitrogen and oxygen atoms in total. The second-order valence-electron chi connectivity index (χ2n) is 10.6. The van der Waals surface area contributed by atoms with Crippen LogP contribution in [0.1, 0.15) is 79.7 Å². The zero-order valence-corrected chi connectivity index (χ0v) is 21.3. The minimum Gasteiger partial charge on any atom is -0.370 e. The van der Waals surface area contributed by atoms with Crippen molar-refractivity contribution in [2.45, 2.75) is 79.8 Å². The fourth-order valence-corrected chi connectivity index (χ4v) is 4.30. The van der Waals surface area contributed by atoms with E-state index in [1.54, 1.807) is 12.3 Å². The number of nitrogens with zero attached hydrogens (tertiary/aromatic N) is 2. The maximum Gasteiger partial charge on any atom is 0.149 e. The van der Waals surface area contributed by atoms with Gasteiger partial charge in [0.25, 0.3) is 0 Å². The summed E-state index contributed by atoms with van der Waals surface area (Å²) in [6, 6.07) is 4.09. The minimum atomic E-state index is -1.02. The third-order valence-corrected chi connectivity index (χ3v) is 5.80. The van der Waals surface area contributed by atoms with Crippen molar-refractivity contribution in [3.63, 3.8) is 0 Å². The fraction of sp³-hybridized carbons (Fsp3) is 0.536. The monoisotopic (exact) mass is 458 g/mol. The van der Waals surface area contributed by atoms with Crippen molar-refractivity contribution < 1.29 is 13.5 Å². The summed E-state index contributed by atoms with van der Waals surface area (Å²) < 4.78 is 37.8. The van der Waals surface area contributed by atoms with E-state index in [0.717, 1.165) is 24.8 Å². The molecule has 1 aromatic heterocycles. The molecule has 0 fully saturated rings. The van der Waals surface area contributed by atoms with E-state index in [-0.39, 0.29) is 16.7 Å². The van der Waals surface area contributed by atoms with Crippen molar-refractivity contribution in [2.75, 3.05) is 6.61 Å². The lowest BCUT2D eigenvalue weighted by Gasteiger charge is -2.32. The average Bonchev–Trinajstić information content (AvgIpc) is 3.22. The average molecular weight is 459 g/mol. The van der Waals surface area contributed by atoms with Crippen LogP contribution in [-0.2, 0) is 10.3 Å². The molecule has 5 heteroatoms. The van der Waals surface area contributed by atoms with Gasteiger partial charge in [-0.05, 0) is 56.6 Å². The second-order valence-corrected chi connectivity index (χ2v) is 10.6. The van der Waals surface area contributed by atoms with Crippen LogP contribution in [0.2, 0.25) is 0 Å². The van der Waals surface area contributed by atoms with Crippen LogP contribution >= 0.6 is 0 Å². The molecular weight excluding hydrogens is 418 g/mol. The number of ether oxygens (including phenoxy) is 1. The van der Waals surface area contributed by atoms with Crippen LogP contribution in [0.25, 0.3) is 5.69 Å². The van der Waals surface area contributed by atoms with Crippen LogP contribution in [0.4, 0.5) is 8.78 Å². The number of hydrogen-bond acceptors (Lipinski definition) is 2. The fourth-order valence-electron chi connectivity index (χ4n) is 4.30. The maximum atomic E-state index is 15.2. The van der Waals surface area contributed by atoms with Crippen LogP contribution in [-0.4, -0.2) is 16.4 Å². The molecule has 0 spiro atoms. The Labute approximate surface area is 198 Å². The number of benzene rings is 1. The maximum absolute atomic E-state index is 15.2. The molecule has 0 saturated heterocycles. The van der Waals surface area contributed by atoms with Gasteiger partial charge in [-0.2, -0.15) is 5.10 Å². The third-order valence-electron chi connectivity index (χ3n) is 5.80. The number of aromatic nitrogens is 2. The topological polar surface area (TPSA) is 27.1 Å². The first-order valence-electron chi connectivity index (χ1n) is 11.8. The summed E-state index contributed by atoms with van der Waals surface area (Å²) in [5.74, 6) is -0.710. The van der Waals surface area contributed by atoms with Crippen molar-refractivity contribution in [3.05, 3.63) is 71.6 Å². The molecule has 2 aromatic rings. The number of rotatable bonds is 11. The second kappa shape index (κ2) is 11.2. The van der Waals surface area contributed by atoms with Crippen LogP contribution in [0.15, 0.2) is 54.4 Å². The van der Waals surface area contributed by atoms with Crippen molar-refractivity contribution >= 4 is 0 Å². The first-order valence-corrected chi connectivity index (χ1v) is 11.8. The predicted octanol–water partition coefficient (Wildman–Crippen LogP) is 8.15. The first-order chi connectivity index (χ1) is 15.4. The van der Waals surface area contributed by atoms with Gasteiger partial charge in [0.05, 0.1) is 5.60 Å². The van der Waals surface area contributed by atoms with E-state index < -0.39 is 17.2 Å². The molecule has 1 heterocycles. The summed E-state index contributed by atoms with van der Waals surface area (Å²) in [5, 5.41) is 4.01. The highest BCUT2D eigenvalue weighted by molar-refractivity contribution is 5.39. The van der Waals surface area contributed by atoms with Gasteiger partial charge < -0.3 is 4.74 Å². The van der Waals surface area contributed by atoms with Gasteiger partial charge in [-0.3, -0.25) is 0 Å². The molecule has 1 aromatic carbocycles. The SMILES string of the molecule is C=C(C)CC(C)(OCCC(C)/C(=C\CC)CC(C)(C)C)c1cc(F)c(-n2cccn2)cc1F. The molecule has 33 heavy (non-hydrogen) atoms. The van der Waals surface area contributed by atoms with Gasteiger partial charge >= 0.3 is 0 Å². The Balaban J connectivity index is 2.24. The predicted molar refractivity (Wildman–Crippen MR) is 132 cm³/mol. The summed E-state index contributed by atoms with van der Waals surface area (Å²) in [7, 11) is 0. The molecule has 0 N–H and O–H groups in total. The highest BCUT2D eigenvalue weighted by Gasteiger charge is 2.32. The lowest BCUT2D eigenvalue weighted by molar-refractivity contribution is -0.0424. The lowest BCUT2D eigenvalue weighted by Crippen LogP contribution is -2.29. The molecule has 0 aliphatic carbocycles. The van der Waals surface area contributed by atoms with Crippen molar-refractivity contribution in [2.24, 2.45) is 11.3 Å². The quantitative estimate of drug-likeness (QED) is 0.318. The van der Waals surface area contributed by atoms with Gasteiger partial charge in [0.1, 0.15) is 17.3 Å². The Morgan fingerprint density at radius 2 is 1.88 bits per heavy atom. The summed E-state index contributed by atoms with van der Waals surface area (Å²) >= 11 is 0. The molecular formula is C28H40F2N2O. The zero-order valence-electron chi connectivity index (χ0n) is 21.3. The lowest BCUT2D eigenvalue weighted by atomic mass is 9.82. The Hall–Kier alpha value is -2.27. The standard InChI is InChI=1S/C28H40F2N2O/c1-9-11-22(19-27(5,6)7)21(4)12-15-33-28(8,18-20(2)3)23-16-25(30)26(17-24(23)29)32-14-10-13-31-32/h10-11,13-14,16-17,21H,2,9,12,15,18-19H2,1,3-8H3/b22-11-. The van der Waals surface area contributed by atoms with Gasteiger partial charge in [0.2, 0.25) is 0 Å². The normalized spacial score (nSPS) is 15.4. The summed E-state index contributed by atoms with van der Waals surface area (Å²) in [6.45, 7) is 19.2. The van der Waals surface area contributed by atoms with E-state index in [2.05, 4.69) is 52.4 Å². The smallest absolute Gasteiger partial charge is 0.149 e. The summed E-state index contributed by atoms with van der Waals surface area (Å²) in [6.07, 6.45) is 8.66. The Kier molecular flexibility index (Phi) is 9.19. The van der Waals surface area contributed by atoms with Crippen molar-refractivity contribution in [3.8, 4) is 5.69 Å². The zero-order chi connectivity index (χ0) is 24.8. The van der Waals surface area contributed by atoms with E-state index in [0.29, 0.717) is 18.9 Å². The van der Waals surface area contributed by atoms with Crippen LogP contribution in [0.5, 0.6) is 0 Å². The largest absolute Gasteiger partial charge is 0.370 e. The molecule has 2 atom stereocenters. The van der Waals surface area contributed by atoms with Gasteiger partial charge in [-0.25, -0.2) is 13.5 Å². The Morgan fingerprint density at radius 3 is 2.42 bits per heavy atom. The van der Waals surface area contributed by atoms with E-state index in [9.17, 15) is 4.39 Å². The molecule has 182 valence electrons. The van der Waals surface area contributed by atoms with Gasteiger partial charge in [-0.1, -0.05) is 51.8 Å². The Morgan fingerprint density at radius 1 is 1.18 bits per heavy atom. The van der Waals surface area contributed by atoms with E-state index >= 15 is 4.39 Å². The molecule has 0 saturated carbocycles. The summed E-state index contributed by atoms with van der Waals surface area (Å²) in [5.41, 5.74) is 1.74. The van der Waals surface area contributed by atoms with E-state index in [1.807, 2.05) is 13.8 Å². The Bertz CT molecular complexity index is 957. The summed E-state index contributed by atoms with van der Waals surface area (Å²) in [4.78, 5) is 0. The minimum absolute atomic E-state index is 0.0732. The van der Waals surface area contributed by atoms with Crippen molar-refractivity contribution in [1.29, 1.82) is 0 Å². The molecule has 0 aliphatic heterocycles.